The van der Waals surface area contributed by atoms with Crippen molar-refractivity contribution in [1.82, 2.24) is 59.8 Å². The number of nitrogens with one attached hydrogen (secondary N) is 8. The van der Waals surface area contributed by atoms with Crippen LogP contribution in [0.15, 0.2) is 171 Å². The first-order valence-corrected chi connectivity index (χ1v) is 25.1. The zero-order valence-electron chi connectivity index (χ0n) is 39.9. The summed E-state index contributed by atoms with van der Waals surface area (Å²) in [6.07, 6.45) is 15.0. The third-order valence-electron chi connectivity index (χ3n) is 12.9. The summed E-state index contributed by atoms with van der Waals surface area (Å²) in [4.78, 5) is 42.3. The summed E-state index contributed by atoms with van der Waals surface area (Å²) in [5.41, 5.74) is 13.4. The maximum absolute atomic E-state index is 5.07. The lowest BCUT2D eigenvalue weighted by Crippen LogP contribution is -1.98. The molecule has 0 aliphatic heterocycles. The predicted octanol–water partition coefficient (Wildman–Crippen LogP) is 15.1. The first-order valence-electron chi connectivity index (χ1n) is 23.5. The minimum absolute atomic E-state index is 0.233. The van der Waals surface area contributed by atoms with E-state index in [0.717, 1.165) is 61.0 Å². The van der Waals surface area contributed by atoms with Crippen LogP contribution in [0.4, 0.5) is 0 Å². The van der Waals surface area contributed by atoms with E-state index < -0.39 is 0 Å². The van der Waals surface area contributed by atoms with E-state index in [0.29, 0.717) is 19.1 Å². The molecule has 4 atom stereocenters. The number of benzene rings is 4. The van der Waals surface area contributed by atoms with Crippen LogP contribution >= 0.6 is 48.9 Å². The highest BCUT2D eigenvalue weighted by atomic mass is 32.1. The quantitative estimate of drug-likeness (QED) is 0.0693. The van der Waals surface area contributed by atoms with Gasteiger partial charge in [-0.1, -0.05) is 100 Å². The number of rotatable bonds is 8. The number of aromatic nitrogens is 12. The lowest BCUT2D eigenvalue weighted by atomic mass is 9.94. The van der Waals surface area contributed by atoms with Gasteiger partial charge >= 0.3 is 0 Å². The zero-order chi connectivity index (χ0) is 50.1. The molecular weight excluding hydrogens is 969 g/mol. The number of para-hydroxylation sites is 1. The fourth-order valence-corrected chi connectivity index (χ4v) is 9.42. The summed E-state index contributed by atoms with van der Waals surface area (Å²) in [7, 11) is 0. The molecular formula is C56H52N12S4. The van der Waals surface area contributed by atoms with Gasteiger partial charge in [-0.25, -0.2) is 0 Å². The third kappa shape index (κ3) is 11.5. The van der Waals surface area contributed by atoms with E-state index in [1.165, 1.54) is 27.6 Å². The van der Waals surface area contributed by atoms with Crippen molar-refractivity contribution in [3.8, 4) is 0 Å². The van der Waals surface area contributed by atoms with Gasteiger partial charge in [0.2, 0.25) is 0 Å². The second kappa shape index (κ2) is 22.5. The molecule has 0 amide bonds. The minimum Gasteiger partial charge on any atom is -0.337 e. The van der Waals surface area contributed by atoms with Gasteiger partial charge in [0.1, 0.15) is 0 Å². The Morgan fingerprint density at radius 3 is 1.40 bits per heavy atom. The molecule has 0 radical (unpaired) electrons. The highest BCUT2D eigenvalue weighted by Crippen LogP contribution is 2.30. The number of nitrogens with zero attached hydrogens (tertiary/aromatic N) is 4. The van der Waals surface area contributed by atoms with Crippen LogP contribution in [-0.4, -0.2) is 59.8 Å². The second-order valence-corrected chi connectivity index (χ2v) is 19.1. The molecule has 0 bridgehead atoms. The van der Waals surface area contributed by atoms with E-state index in [1.54, 1.807) is 0 Å². The highest BCUT2D eigenvalue weighted by molar-refractivity contribution is 7.71. The molecule has 4 aromatic carbocycles. The lowest BCUT2D eigenvalue weighted by Gasteiger charge is -2.12. The minimum atomic E-state index is 0.233. The third-order valence-corrected chi connectivity index (χ3v) is 13.7. The molecule has 12 rings (SSSR count). The van der Waals surface area contributed by atoms with Gasteiger partial charge in [0.15, 0.2) is 19.1 Å². The van der Waals surface area contributed by atoms with Crippen LogP contribution in [-0.2, 0) is 0 Å². The van der Waals surface area contributed by atoms with E-state index in [9.17, 15) is 0 Å². The maximum Gasteiger partial charge on any atom is 0.174 e. The molecule has 0 aliphatic carbocycles. The topological polar surface area (TPSA) is 178 Å². The smallest absolute Gasteiger partial charge is 0.174 e. The van der Waals surface area contributed by atoms with Crippen molar-refractivity contribution < 1.29 is 0 Å². The van der Waals surface area contributed by atoms with Crippen molar-refractivity contribution in [1.29, 1.82) is 0 Å². The molecule has 0 saturated carbocycles. The SMILES string of the molecule is CC(c1c[nH]c(=S)[nH]1)c1cccc2cccnc12.CC(c1c[nH]c(=S)[nH]1)c1cccc2ncccc12.CC(c1ccc2cccnc2c1)c1c[nH]c(=S)[nH]1.CC(c1ccc2ncccc2c1)c1c[nH]c(=S)[nH]1. The number of hydrogen-bond acceptors (Lipinski definition) is 8. The number of fused-ring (bicyclic) bond motifs is 4. The summed E-state index contributed by atoms with van der Waals surface area (Å²) >= 11 is 20.3. The standard InChI is InChI=1S/4C14H13N3S/c1-9(13-8-16-14(18)17-13)10-4-2-6-12-11(10)5-3-7-15-12;1-9(12-8-16-14(18)17-12)11-6-2-4-10-5-3-7-15-13(10)11;1-9(13-8-16-14(18)17-13)10-4-5-12-11(7-10)3-2-6-15-12;1-9(13-8-16-14(18)17-13)11-5-4-10-3-2-6-15-12(10)7-11/h4*2-9H,1H3,(H2,16,17,18). The first kappa shape index (κ1) is 49.2. The lowest BCUT2D eigenvalue weighted by molar-refractivity contribution is 0.883. The molecule has 8 heterocycles. The molecule has 12 nitrogen and oxygen atoms in total. The Kier molecular flexibility index (Phi) is 15.4. The summed E-state index contributed by atoms with van der Waals surface area (Å²) in [6.45, 7) is 8.62. The Hall–Kier alpha value is -7.76. The van der Waals surface area contributed by atoms with Gasteiger partial charge in [-0.2, -0.15) is 0 Å². The highest BCUT2D eigenvalue weighted by Gasteiger charge is 2.16. The summed E-state index contributed by atoms with van der Waals surface area (Å²) in [5, 5.41) is 4.68. The zero-order valence-corrected chi connectivity index (χ0v) is 43.2. The Morgan fingerprint density at radius 2 is 0.806 bits per heavy atom. The van der Waals surface area contributed by atoms with Gasteiger partial charge in [0.25, 0.3) is 0 Å². The molecule has 4 unspecified atom stereocenters. The predicted molar refractivity (Wildman–Crippen MR) is 301 cm³/mol. The van der Waals surface area contributed by atoms with Crippen molar-refractivity contribution in [2.45, 2.75) is 51.4 Å². The molecule has 12 aromatic rings. The molecule has 0 saturated heterocycles. The molecule has 0 fully saturated rings. The average molecular weight is 1020 g/mol. The molecule has 360 valence electrons. The van der Waals surface area contributed by atoms with Crippen molar-refractivity contribution in [2.75, 3.05) is 0 Å². The normalized spacial score (nSPS) is 12.7. The van der Waals surface area contributed by atoms with E-state index >= 15 is 0 Å². The largest absolute Gasteiger partial charge is 0.337 e. The van der Waals surface area contributed by atoms with Crippen LogP contribution in [0.25, 0.3) is 43.6 Å². The molecule has 0 aliphatic rings. The number of pyridine rings is 4. The van der Waals surface area contributed by atoms with Crippen LogP contribution in [0.5, 0.6) is 0 Å². The van der Waals surface area contributed by atoms with Crippen molar-refractivity contribution >= 4 is 92.5 Å². The molecule has 8 aromatic heterocycles. The first-order chi connectivity index (χ1) is 35.0. The van der Waals surface area contributed by atoms with Crippen LogP contribution in [0.1, 0.15) is 96.4 Å². The Bertz CT molecular complexity index is 3720. The Balaban J connectivity index is 0.000000119. The van der Waals surface area contributed by atoms with Gasteiger partial charge < -0.3 is 39.9 Å². The fraction of sp³-hybridized carbons (Fsp3) is 0.143. The molecule has 16 heteroatoms. The van der Waals surface area contributed by atoms with Crippen molar-refractivity contribution in [3.63, 3.8) is 0 Å². The Morgan fingerprint density at radius 1 is 0.361 bits per heavy atom. The Labute approximate surface area is 436 Å². The van der Waals surface area contributed by atoms with Gasteiger partial charge in [-0.3, -0.25) is 19.9 Å². The number of hydrogen-bond donors (Lipinski definition) is 8. The molecule has 8 N–H and O–H groups in total. The fourth-order valence-electron chi connectivity index (χ4n) is 8.71. The van der Waals surface area contributed by atoms with Gasteiger partial charge in [0.05, 0.1) is 22.1 Å². The summed E-state index contributed by atoms with van der Waals surface area (Å²) in [6, 6.07) is 41.4. The monoisotopic (exact) mass is 1020 g/mol. The van der Waals surface area contributed by atoms with Crippen LogP contribution < -0.4 is 0 Å². The van der Waals surface area contributed by atoms with E-state index in [4.69, 9.17) is 48.9 Å². The van der Waals surface area contributed by atoms with E-state index in [2.05, 4.69) is 172 Å². The number of aromatic amines is 8. The van der Waals surface area contributed by atoms with Crippen molar-refractivity contribution in [2.24, 2.45) is 0 Å². The summed E-state index contributed by atoms with van der Waals surface area (Å²) < 4.78 is 2.65. The van der Waals surface area contributed by atoms with Crippen LogP contribution in [0.3, 0.4) is 0 Å². The number of H-pyrrole nitrogens is 8. The van der Waals surface area contributed by atoms with Gasteiger partial charge in [-0.15, -0.1) is 0 Å². The second-order valence-electron chi connectivity index (χ2n) is 17.4. The average Bonchev–Trinajstić information content (AvgIpc) is 4.27. The van der Waals surface area contributed by atoms with E-state index in [1.807, 2.05) is 86.0 Å². The van der Waals surface area contributed by atoms with Gasteiger partial charge in [0, 0.05) is 118 Å². The van der Waals surface area contributed by atoms with E-state index in [-0.39, 0.29) is 23.7 Å². The molecule has 0 spiro atoms. The molecule has 72 heavy (non-hydrogen) atoms. The van der Waals surface area contributed by atoms with Crippen LogP contribution in [0, 0.1) is 19.1 Å². The van der Waals surface area contributed by atoms with Gasteiger partial charge in [-0.05, 0) is 120 Å². The summed E-state index contributed by atoms with van der Waals surface area (Å²) in [5.74, 6) is 1.04. The van der Waals surface area contributed by atoms with Crippen LogP contribution in [0.2, 0.25) is 0 Å². The maximum atomic E-state index is 5.07. The number of imidazole rings is 4. The van der Waals surface area contributed by atoms with Crippen molar-refractivity contribution in [3.05, 3.63) is 235 Å².